The number of carbonyl (C=O) groups is 2. The molecule has 0 aliphatic carbocycles. The second-order valence-corrected chi connectivity index (χ2v) is 7.48. The van der Waals surface area contributed by atoms with Gasteiger partial charge in [-0.15, -0.1) is 0 Å². The van der Waals surface area contributed by atoms with Gasteiger partial charge in [0.25, 0.3) is 5.91 Å². The molecular formula is C23H24FN5O2. The third-order valence-electron chi connectivity index (χ3n) is 5.33. The van der Waals surface area contributed by atoms with Crippen molar-refractivity contribution < 1.29 is 14.0 Å². The zero-order chi connectivity index (χ0) is 21.8. The maximum atomic E-state index is 14.0. The minimum Gasteiger partial charge on any atom is -0.366 e. The normalized spacial score (nSPS) is 13.9. The number of carbonyl (C=O) groups excluding carboxylic acids is 2. The molecule has 7 nitrogen and oxygen atoms in total. The molecule has 0 atom stereocenters. The molecule has 0 spiro atoms. The number of piperazine rings is 1. The van der Waals surface area contributed by atoms with Gasteiger partial charge in [-0.1, -0.05) is 42.5 Å². The lowest BCUT2D eigenvalue weighted by molar-refractivity contribution is -0.115. The Kier molecular flexibility index (Phi) is 5.97. The largest absolute Gasteiger partial charge is 0.366 e. The van der Waals surface area contributed by atoms with Gasteiger partial charge in [0.1, 0.15) is 11.6 Å². The van der Waals surface area contributed by atoms with Crippen molar-refractivity contribution in [3.63, 3.8) is 0 Å². The molecule has 0 bridgehead atoms. The monoisotopic (exact) mass is 421 g/mol. The minimum atomic E-state index is -0.261. The third kappa shape index (κ3) is 4.74. The SMILES string of the molecule is Cn1nc(C(=O)N2CCN(c3ccccc3F)CC2)cc1NC(=O)Cc1ccccc1. The van der Waals surface area contributed by atoms with Crippen molar-refractivity contribution in [2.24, 2.45) is 7.05 Å². The van der Waals surface area contributed by atoms with Crippen LogP contribution in [0.1, 0.15) is 16.1 Å². The first-order chi connectivity index (χ1) is 15.0. The third-order valence-corrected chi connectivity index (χ3v) is 5.33. The molecule has 3 aromatic rings. The van der Waals surface area contributed by atoms with Crippen LogP contribution < -0.4 is 10.2 Å². The van der Waals surface area contributed by atoms with E-state index in [1.807, 2.05) is 35.2 Å². The molecule has 1 N–H and O–H groups in total. The Balaban J connectivity index is 1.36. The van der Waals surface area contributed by atoms with Gasteiger partial charge < -0.3 is 15.1 Å². The minimum absolute atomic E-state index is 0.174. The molecule has 2 aromatic carbocycles. The van der Waals surface area contributed by atoms with E-state index >= 15 is 0 Å². The van der Waals surface area contributed by atoms with Crippen LogP contribution in [0, 0.1) is 5.82 Å². The fourth-order valence-electron chi connectivity index (χ4n) is 3.68. The number of hydrogen-bond donors (Lipinski definition) is 1. The van der Waals surface area contributed by atoms with E-state index in [1.165, 1.54) is 10.7 Å². The van der Waals surface area contributed by atoms with E-state index in [2.05, 4.69) is 10.4 Å². The van der Waals surface area contributed by atoms with Crippen LogP contribution in [-0.4, -0.2) is 52.7 Å². The van der Waals surface area contributed by atoms with E-state index < -0.39 is 0 Å². The van der Waals surface area contributed by atoms with Crippen LogP contribution in [0.5, 0.6) is 0 Å². The number of nitrogens with zero attached hydrogens (tertiary/aromatic N) is 4. The second kappa shape index (κ2) is 8.99. The molecule has 2 heterocycles. The van der Waals surface area contributed by atoms with Gasteiger partial charge in [-0.25, -0.2) is 4.39 Å². The molecular weight excluding hydrogens is 397 g/mol. The van der Waals surface area contributed by atoms with Crippen LogP contribution in [0.2, 0.25) is 0 Å². The van der Waals surface area contributed by atoms with E-state index in [-0.39, 0.29) is 29.7 Å². The Morgan fingerprint density at radius 3 is 2.39 bits per heavy atom. The molecule has 1 aliphatic rings. The number of para-hydroxylation sites is 1. The van der Waals surface area contributed by atoms with Crippen LogP contribution >= 0.6 is 0 Å². The van der Waals surface area contributed by atoms with Crippen LogP contribution in [0.15, 0.2) is 60.7 Å². The van der Waals surface area contributed by atoms with E-state index in [4.69, 9.17) is 0 Å². The molecule has 1 fully saturated rings. The molecule has 2 amide bonds. The standard InChI is InChI=1S/C23H24FN5O2/c1-27-21(25-22(30)15-17-7-3-2-4-8-17)16-19(26-27)23(31)29-13-11-28(12-14-29)20-10-6-5-9-18(20)24/h2-10,16H,11-15H2,1H3,(H,25,30). The molecule has 0 unspecified atom stereocenters. The van der Waals surface area contributed by atoms with Crippen molar-refractivity contribution in [2.75, 3.05) is 36.4 Å². The number of nitrogens with one attached hydrogen (secondary N) is 1. The fraction of sp³-hybridized carbons (Fsp3) is 0.261. The molecule has 1 aromatic heterocycles. The smallest absolute Gasteiger partial charge is 0.274 e. The number of hydrogen-bond acceptors (Lipinski definition) is 4. The second-order valence-electron chi connectivity index (χ2n) is 7.48. The molecule has 1 aliphatic heterocycles. The summed E-state index contributed by atoms with van der Waals surface area (Å²) in [5.41, 5.74) is 1.74. The van der Waals surface area contributed by atoms with Gasteiger partial charge in [-0.2, -0.15) is 5.10 Å². The summed E-state index contributed by atoms with van der Waals surface area (Å²) in [6.45, 7) is 2.03. The van der Waals surface area contributed by atoms with Crippen molar-refractivity contribution in [2.45, 2.75) is 6.42 Å². The number of aromatic nitrogens is 2. The lowest BCUT2D eigenvalue weighted by atomic mass is 10.1. The van der Waals surface area contributed by atoms with E-state index in [0.717, 1.165) is 5.56 Å². The van der Waals surface area contributed by atoms with Crippen molar-refractivity contribution in [1.82, 2.24) is 14.7 Å². The van der Waals surface area contributed by atoms with Crippen molar-refractivity contribution >= 4 is 23.3 Å². The summed E-state index contributed by atoms with van der Waals surface area (Å²) in [7, 11) is 1.69. The maximum absolute atomic E-state index is 14.0. The molecule has 160 valence electrons. The molecule has 4 rings (SSSR count). The summed E-state index contributed by atoms with van der Waals surface area (Å²) >= 11 is 0. The zero-order valence-corrected chi connectivity index (χ0v) is 17.3. The highest BCUT2D eigenvalue weighted by molar-refractivity contribution is 5.96. The summed E-state index contributed by atoms with van der Waals surface area (Å²) < 4.78 is 15.5. The van der Waals surface area contributed by atoms with Crippen LogP contribution in [0.25, 0.3) is 0 Å². The topological polar surface area (TPSA) is 70.5 Å². The predicted molar refractivity (Wildman–Crippen MR) is 117 cm³/mol. The molecule has 31 heavy (non-hydrogen) atoms. The highest BCUT2D eigenvalue weighted by atomic mass is 19.1. The number of amides is 2. The molecule has 0 radical (unpaired) electrons. The van der Waals surface area contributed by atoms with Gasteiger partial charge >= 0.3 is 0 Å². The first-order valence-electron chi connectivity index (χ1n) is 10.2. The molecule has 0 saturated carbocycles. The Bertz CT molecular complexity index is 1070. The van der Waals surface area contributed by atoms with Gasteiger partial charge in [0.2, 0.25) is 5.91 Å². The van der Waals surface area contributed by atoms with Crippen LogP contribution in [0.4, 0.5) is 15.9 Å². The average Bonchev–Trinajstić information content (AvgIpc) is 3.14. The van der Waals surface area contributed by atoms with Gasteiger partial charge in [0, 0.05) is 39.3 Å². The van der Waals surface area contributed by atoms with E-state index in [0.29, 0.717) is 37.7 Å². The van der Waals surface area contributed by atoms with E-state index in [1.54, 1.807) is 36.2 Å². The fourth-order valence-corrected chi connectivity index (χ4v) is 3.68. The quantitative estimate of drug-likeness (QED) is 0.688. The van der Waals surface area contributed by atoms with Crippen LogP contribution in [-0.2, 0) is 18.3 Å². The lowest BCUT2D eigenvalue weighted by Gasteiger charge is -2.35. The van der Waals surface area contributed by atoms with E-state index in [9.17, 15) is 14.0 Å². The van der Waals surface area contributed by atoms with Gasteiger partial charge in [0.05, 0.1) is 12.1 Å². The first kappa shape index (κ1) is 20.6. The number of anilines is 2. The summed E-state index contributed by atoms with van der Waals surface area (Å²) in [6, 6.07) is 17.7. The Morgan fingerprint density at radius 2 is 1.68 bits per heavy atom. The Morgan fingerprint density at radius 1 is 1.00 bits per heavy atom. The zero-order valence-electron chi connectivity index (χ0n) is 17.3. The Hall–Kier alpha value is -3.68. The maximum Gasteiger partial charge on any atom is 0.274 e. The summed E-state index contributed by atoms with van der Waals surface area (Å²) in [6.07, 6.45) is 0.243. The van der Waals surface area contributed by atoms with Gasteiger partial charge in [0.15, 0.2) is 5.69 Å². The predicted octanol–water partition coefficient (Wildman–Crippen LogP) is 2.70. The average molecular weight is 421 g/mol. The van der Waals surface area contributed by atoms with Crippen molar-refractivity contribution in [3.8, 4) is 0 Å². The number of aryl methyl sites for hydroxylation is 1. The highest BCUT2D eigenvalue weighted by Gasteiger charge is 2.25. The molecule has 1 saturated heterocycles. The molecule has 8 heteroatoms. The van der Waals surface area contributed by atoms with Crippen LogP contribution in [0.3, 0.4) is 0 Å². The first-order valence-corrected chi connectivity index (χ1v) is 10.2. The summed E-state index contributed by atoms with van der Waals surface area (Å²) in [4.78, 5) is 28.9. The highest BCUT2D eigenvalue weighted by Crippen LogP contribution is 2.21. The Labute approximate surface area is 180 Å². The number of rotatable bonds is 5. The van der Waals surface area contributed by atoms with Crippen molar-refractivity contribution in [1.29, 1.82) is 0 Å². The lowest BCUT2D eigenvalue weighted by Crippen LogP contribution is -2.49. The van der Waals surface area contributed by atoms with Gasteiger partial charge in [-0.3, -0.25) is 14.3 Å². The summed E-state index contributed by atoms with van der Waals surface area (Å²) in [5.74, 6) is -0.170. The summed E-state index contributed by atoms with van der Waals surface area (Å²) in [5, 5.41) is 7.09. The van der Waals surface area contributed by atoms with Crippen molar-refractivity contribution in [3.05, 3.63) is 77.7 Å². The number of benzene rings is 2. The van der Waals surface area contributed by atoms with Gasteiger partial charge in [-0.05, 0) is 17.7 Å². The number of halogens is 1.